The van der Waals surface area contributed by atoms with Crippen molar-refractivity contribution >= 4 is 16.9 Å². The van der Waals surface area contributed by atoms with Gasteiger partial charge in [-0.3, -0.25) is 14.4 Å². The predicted octanol–water partition coefficient (Wildman–Crippen LogP) is 2.59. The monoisotopic (exact) mass is 392 g/mol. The number of aromatic nitrogens is 4. The molecule has 1 fully saturated rings. The molecule has 5 rings (SSSR count). The smallest absolute Gasteiger partial charge is 0.223 e. The predicted molar refractivity (Wildman–Crippen MR) is 111 cm³/mol. The number of para-hydroxylation sites is 2. The molecule has 2 aromatic heterocycles. The number of hydrogen-bond donors (Lipinski definition) is 1. The summed E-state index contributed by atoms with van der Waals surface area (Å²) < 4.78 is 4.30. The third-order valence-electron chi connectivity index (χ3n) is 6.31. The van der Waals surface area contributed by atoms with Gasteiger partial charge in [-0.1, -0.05) is 18.6 Å². The maximum Gasteiger partial charge on any atom is 0.223 e. The van der Waals surface area contributed by atoms with Crippen LogP contribution in [-0.4, -0.2) is 36.7 Å². The lowest BCUT2D eigenvalue weighted by molar-refractivity contribution is -0.127. The van der Waals surface area contributed by atoms with Gasteiger partial charge in [0.05, 0.1) is 35.5 Å². The number of carbonyl (C=O) groups excluding carboxylic acids is 1. The van der Waals surface area contributed by atoms with Crippen molar-refractivity contribution in [3.05, 3.63) is 47.5 Å². The van der Waals surface area contributed by atoms with Gasteiger partial charge in [-0.2, -0.15) is 5.10 Å². The van der Waals surface area contributed by atoms with Crippen LogP contribution in [0, 0.1) is 5.92 Å². The number of hydrogen-bond acceptors (Lipinski definition) is 4. The van der Waals surface area contributed by atoms with Gasteiger partial charge in [0.1, 0.15) is 5.82 Å². The second kappa shape index (κ2) is 7.63. The number of rotatable bonds is 5. The minimum atomic E-state index is 0.183. The highest BCUT2D eigenvalue weighted by atomic mass is 16.1. The fourth-order valence-electron chi connectivity index (χ4n) is 4.34. The molecule has 0 bridgehead atoms. The van der Waals surface area contributed by atoms with Gasteiger partial charge < -0.3 is 9.88 Å². The molecule has 152 valence electrons. The number of carbonyl (C=O) groups is 1. The van der Waals surface area contributed by atoms with Gasteiger partial charge >= 0.3 is 0 Å². The van der Waals surface area contributed by atoms with Crippen molar-refractivity contribution in [3.8, 4) is 0 Å². The first-order valence-electron chi connectivity index (χ1n) is 10.6. The molecule has 0 spiro atoms. The van der Waals surface area contributed by atoms with E-state index in [-0.39, 0.29) is 11.8 Å². The fourth-order valence-corrected chi connectivity index (χ4v) is 4.34. The Bertz CT molecular complexity index is 1030. The number of benzene rings is 1. The van der Waals surface area contributed by atoms with Gasteiger partial charge in [0, 0.05) is 32.6 Å². The van der Waals surface area contributed by atoms with Crippen LogP contribution in [0.3, 0.4) is 0 Å². The Hall–Kier alpha value is -2.67. The zero-order chi connectivity index (χ0) is 19.8. The van der Waals surface area contributed by atoms with Crippen LogP contribution >= 0.6 is 0 Å². The molecule has 3 heterocycles. The van der Waals surface area contributed by atoms with Crippen LogP contribution in [0.1, 0.15) is 42.9 Å². The molecule has 0 unspecified atom stereocenters. The van der Waals surface area contributed by atoms with E-state index in [4.69, 9.17) is 10.1 Å². The molecule has 29 heavy (non-hydrogen) atoms. The molecule has 1 aromatic carbocycles. The first-order valence-corrected chi connectivity index (χ1v) is 10.6. The molecule has 1 aliphatic carbocycles. The zero-order valence-corrected chi connectivity index (χ0v) is 17.0. The Morgan fingerprint density at radius 1 is 1.21 bits per heavy atom. The Morgan fingerprint density at radius 2 is 2.07 bits per heavy atom. The molecule has 2 aliphatic rings. The van der Waals surface area contributed by atoms with Crippen LogP contribution in [0.2, 0.25) is 0 Å². The van der Waals surface area contributed by atoms with Crippen molar-refractivity contribution in [2.24, 2.45) is 13.0 Å². The molecule has 1 N–H and O–H groups in total. The van der Waals surface area contributed by atoms with E-state index in [9.17, 15) is 4.79 Å². The van der Waals surface area contributed by atoms with Gasteiger partial charge in [-0.25, -0.2) is 4.98 Å². The third kappa shape index (κ3) is 3.67. The Kier molecular flexibility index (Phi) is 4.83. The van der Waals surface area contributed by atoms with Crippen LogP contribution in [0.15, 0.2) is 30.3 Å². The van der Waals surface area contributed by atoms with Crippen LogP contribution in [-0.2, 0) is 38.0 Å². The second-order valence-electron chi connectivity index (χ2n) is 8.34. The maximum absolute atomic E-state index is 12.1. The Balaban J connectivity index is 1.26. The SMILES string of the molecule is Cn1c(CN2CCCn3nc(CNC(=O)C4CCC4)cc3C2)nc2ccccc21. The van der Waals surface area contributed by atoms with Crippen molar-refractivity contribution in [1.82, 2.24) is 29.5 Å². The maximum atomic E-state index is 12.1. The molecule has 1 amide bonds. The summed E-state index contributed by atoms with van der Waals surface area (Å²) in [5, 5.41) is 7.79. The normalized spacial score (nSPS) is 17.7. The standard InChI is InChI=1S/C22H28N6O/c1-26-20-9-3-2-8-19(20)24-21(26)15-27-10-5-11-28-18(14-27)12-17(25-28)13-23-22(29)16-6-4-7-16/h2-3,8-9,12,16H,4-7,10-11,13-15H2,1H3,(H,23,29). The van der Waals surface area contributed by atoms with E-state index in [1.807, 2.05) is 6.07 Å². The van der Waals surface area contributed by atoms with Crippen molar-refractivity contribution in [2.75, 3.05) is 6.54 Å². The second-order valence-corrected chi connectivity index (χ2v) is 8.34. The van der Waals surface area contributed by atoms with E-state index in [1.54, 1.807) is 0 Å². The summed E-state index contributed by atoms with van der Waals surface area (Å²) in [6.07, 6.45) is 4.30. The molecule has 1 saturated carbocycles. The first-order chi connectivity index (χ1) is 14.2. The molecule has 0 atom stereocenters. The number of nitrogens with one attached hydrogen (secondary N) is 1. The molecule has 7 nitrogen and oxygen atoms in total. The highest BCUT2D eigenvalue weighted by molar-refractivity contribution is 5.79. The summed E-state index contributed by atoms with van der Waals surface area (Å²) in [4.78, 5) is 19.4. The summed E-state index contributed by atoms with van der Waals surface area (Å²) >= 11 is 0. The van der Waals surface area contributed by atoms with E-state index in [0.29, 0.717) is 6.54 Å². The quantitative estimate of drug-likeness (QED) is 0.725. The number of amides is 1. The van der Waals surface area contributed by atoms with Crippen molar-refractivity contribution in [2.45, 2.75) is 51.9 Å². The van der Waals surface area contributed by atoms with Crippen molar-refractivity contribution < 1.29 is 4.79 Å². The van der Waals surface area contributed by atoms with Crippen molar-refractivity contribution in [1.29, 1.82) is 0 Å². The number of nitrogens with zero attached hydrogens (tertiary/aromatic N) is 5. The summed E-state index contributed by atoms with van der Waals surface area (Å²) in [5.41, 5.74) is 4.40. The summed E-state index contributed by atoms with van der Waals surface area (Å²) in [6.45, 7) is 4.15. The lowest BCUT2D eigenvalue weighted by Crippen LogP contribution is -2.34. The van der Waals surface area contributed by atoms with E-state index in [1.165, 1.54) is 17.6 Å². The van der Waals surface area contributed by atoms with Crippen LogP contribution in [0.25, 0.3) is 11.0 Å². The molecule has 0 radical (unpaired) electrons. The molecule has 7 heteroatoms. The highest BCUT2D eigenvalue weighted by Crippen LogP contribution is 2.26. The Morgan fingerprint density at radius 3 is 2.86 bits per heavy atom. The summed E-state index contributed by atoms with van der Waals surface area (Å²) in [5.74, 6) is 1.49. The van der Waals surface area contributed by atoms with E-state index < -0.39 is 0 Å². The lowest BCUT2D eigenvalue weighted by Gasteiger charge is -2.23. The molecular formula is C22H28N6O. The number of aryl methyl sites for hydroxylation is 2. The average Bonchev–Trinajstić information content (AvgIpc) is 3.13. The molecular weight excluding hydrogens is 364 g/mol. The lowest BCUT2D eigenvalue weighted by atomic mass is 9.85. The minimum Gasteiger partial charge on any atom is -0.350 e. The third-order valence-corrected chi connectivity index (χ3v) is 6.31. The number of fused-ring (bicyclic) bond motifs is 2. The van der Waals surface area contributed by atoms with Gasteiger partial charge in [-0.15, -0.1) is 0 Å². The fraction of sp³-hybridized carbons (Fsp3) is 0.500. The highest BCUT2D eigenvalue weighted by Gasteiger charge is 2.25. The largest absolute Gasteiger partial charge is 0.350 e. The van der Waals surface area contributed by atoms with E-state index in [2.05, 4.69) is 50.8 Å². The first kappa shape index (κ1) is 18.4. The minimum absolute atomic E-state index is 0.183. The topological polar surface area (TPSA) is 68.0 Å². The molecule has 3 aromatic rings. The number of imidazole rings is 1. The van der Waals surface area contributed by atoms with Crippen LogP contribution in [0.4, 0.5) is 0 Å². The van der Waals surface area contributed by atoms with Crippen LogP contribution < -0.4 is 5.32 Å². The van der Waals surface area contributed by atoms with E-state index in [0.717, 1.165) is 62.5 Å². The van der Waals surface area contributed by atoms with Gasteiger partial charge in [0.25, 0.3) is 0 Å². The van der Waals surface area contributed by atoms with Crippen molar-refractivity contribution in [3.63, 3.8) is 0 Å². The summed E-state index contributed by atoms with van der Waals surface area (Å²) in [7, 11) is 2.09. The Labute approximate surface area is 170 Å². The average molecular weight is 393 g/mol. The van der Waals surface area contributed by atoms with Gasteiger partial charge in [-0.05, 0) is 37.5 Å². The van der Waals surface area contributed by atoms with Gasteiger partial charge in [0.15, 0.2) is 0 Å². The van der Waals surface area contributed by atoms with Crippen LogP contribution in [0.5, 0.6) is 0 Å². The molecule has 1 aliphatic heterocycles. The van der Waals surface area contributed by atoms with E-state index >= 15 is 0 Å². The van der Waals surface area contributed by atoms with Gasteiger partial charge in [0.2, 0.25) is 5.91 Å². The molecule has 0 saturated heterocycles. The summed E-state index contributed by atoms with van der Waals surface area (Å²) in [6, 6.07) is 10.4. The zero-order valence-electron chi connectivity index (χ0n) is 17.0.